The molecule has 7 atom stereocenters. The minimum atomic E-state index is 0.510. The average molecular weight is 488 g/mol. The van der Waals surface area contributed by atoms with E-state index in [-0.39, 0.29) is 0 Å². The Hall–Kier alpha value is -0.670. The second-order valence-corrected chi connectivity index (χ2v) is 12.6. The van der Waals surface area contributed by atoms with Gasteiger partial charge in [-0.05, 0) is 120 Å². The quantitative estimate of drug-likeness (QED) is 0.289. The van der Waals surface area contributed by atoms with E-state index in [1.807, 2.05) is 13.8 Å². The highest BCUT2D eigenvalue weighted by Gasteiger charge is 2.59. The monoisotopic (exact) mass is 487 g/mol. The first-order chi connectivity index (χ1) is 16.8. The molecule has 0 spiro atoms. The van der Waals surface area contributed by atoms with Crippen molar-refractivity contribution in [1.29, 1.82) is 0 Å². The maximum Gasteiger partial charge on any atom is 0.0195 e. The van der Waals surface area contributed by atoms with Crippen LogP contribution in [0.1, 0.15) is 112 Å². The van der Waals surface area contributed by atoms with Crippen molar-refractivity contribution in [3.05, 3.63) is 12.8 Å². The smallest absolute Gasteiger partial charge is 0.0195 e. The van der Waals surface area contributed by atoms with Crippen LogP contribution in [0, 0.1) is 40.4 Å². The van der Waals surface area contributed by atoms with Gasteiger partial charge in [0.2, 0.25) is 0 Å². The average Bonchev–Trinajstić information content (AvgIpc) is 3.20. The first-order valence-corrected chi connectivity index (χ1v) is 15.3. The Morgan fingerprint density at radius 3 is 2.31 bits per heavy atom. The van der Waals surface area contributed by atoms with Gasteiger partial charge in [0.15, 0.2) is 0 Å². The molecule has 4 fully saturated rings. The summed E-state index contributed by atoms with van der Waals surface area (Å²) in [7, 11) is 4.18. The highest BCUT2D eigenvalue weighted by atomic mass is 15.1. The van der Waals surface area contributed by atoms with Gasteiger partial charge in [-0.3, -0.25) is 4.99 Å². The van der Waals surface area contributed by atoms with E-state index >= 15 is 0 Å². The summed E-state index contributed by atoms with van der Waals surface area (Å²) in [6.07, 6.45) is 17.8. The first kappa shape index (κ1) is 30.6. The van der Waals surface area contributed by atoms with Crippen molar-refractivity contribution in [1.82, 2.24) is 10.2 Å². The second kappa shape index (κ2) is 14.3. The molecule has 0 aromatic heterocycles. The molecule has 35 heavy (non-hydrogen) atoms. The number of nitrogens with zero attached hydrogens (tertiary/aromatic N) is 2. The van der Waals surface area contributed by atoms with E-state index < -0.39 is 0 Å². The molecule has 4 saturated carbocycles. The van der Waals surface area contributed by atoms with Crippen LogP contribution >= 0.6 is 0 Å². The van der Waals surface area contributed by atoms with E-state index in [0.717, 1.165) is 43.3 Å². The minimum Gasteiger partial charge on any atom is -0.315 e. The Bertz CT molecular complexity index is 655. The topological polar surface area (TPSA) is 27.6 Å². The molecule has 204 valence electrons. The van der Waals surface area contributed by atoms with E-state index in [1.165, 1.54) is 76.3 Å². The van der Waals surface area contributed by atoms with Crippen LogP contribution in [-0.2, 0) is 0 Å². The van der Waals surface area contributed by atoms with Crippen molar-refractivity contribution in [3.63, 3.8) is 0 Å². The van der Waals surface area contributed by atoms with E-state index in [2.05, 4.69) is 63.6 Å². The fourth-order valence-electron chi connectivity index (χ4n) is 8.82. The summed E-state index contributed by atoms with van der Waals surface area (Å²) in [6, 6.07) is 0. The Morgan fingerprint density at radius 2 is 1.66 bits per heavy atom. The van der Waals surface area contributed by atoms with Gasteiger partial charge < -0.3 is 10.2 Å². The molecule has 0 amide bonds. The van der Waals surface area contributed by atoms with E-state index in [4.69, 9.17) is 0 Å². The van der Waals surface area contributed by atoms with Crippen molar-refractivity contribution in [2.24, 2.45) is 45.4 Å². The zero-order valence-corrected chi connectivity index (χ0v) is 25.0. The molecule has 1 N–H and O–H groups in total. The molecule has 0 aromatic rings. The van der Waals surface area contributed by atoms with Crippen LogP contribution in [0.5, 0.6) is 0 Å². The third-order valence-electron chi connectivity index (χ3n) is 10.5. The van der Waals surface area contributed by atoms with E-state index in [0.29, 0.717) is 16.7 Å². The lowest BCUT2D eigenvalue weighted by Crippen LogP contribution is -2.53. The predicted octanol–water partition coefficient (Wildman–Crippen LogP) is 8.21. The van der Waals surface area contributed by atoms with Crippen LogP contribution in [0.3, 0.4) is 0 Å². The van der Waals surface area contributed by atoms with Crippen LogP contribution in [0.2, 0.25) is 0 Å². The van der Waals surface area contributed by atoms with Crippen LogP contribution in [0.15, 0.2) is 17.8 Å². The van der Waals surface area contributed by atoms with Gasteiger partial charge in [0.1, 0.15) is 0 Å². The largest absolute Gasteiger partial charge is 0.315 e. The maximum absolute atomic E-state index is 4.61. The highest BCUT2D eigenvalue weighted by molar-refractivity contribution is 5.86. The molecule has 0 saturated heterocycles. The summed E-state index contributed by atoms with van der Waals surface area (Å²) in [5.74, 6) is 4.72. The molecule has 7 unspecified atom stereocenters. The van der Waals surface area contributed by atoms with Gasteiger partial charge in [0.25, 0.3) is 0 Å². The third-order valence-corrected chi connectivity index (χ3v) is 10.5. The van der Waals surface area contributed by atoms with Crippen LogP contribution < -0.4 is 5.32 Å². The number of likely N-dealkylation sites (N-methyl/N-ethyl adjacent to an activating group) is 1. The number of rotatable bonds is 7. The molecule has 3 nitrogen and oxygen atoms in total. The number of aliphatic imine (C=N–C) groups is 1. The zero-order valence-electron chi connectivity index (χ0n) is 25.0. The van der Waals surface area contributed by atoms with Crippen molar-refractivity contribution >= 4 is 5.71 Å². The summed E-state index contributed by atoms with van der Waals surface area (Å²) in [5.41, 5.74) is 2.53. The summed E-state index contributed by atoms with van der Waals surface area (Å²) in [4.78, 5) is 6.79. The highest BCUT2D eigenvalue weighted by Crippen LogP contribution is 2.67. The van der Waals surface area contributed by atoms with E-state index in [1.54, 1.807) is 6.20 Å². The number of hydrogen-bond donors (Lipinski definition) is 1. The predicted molar refractivity (Wildman–Crippen MR) is 156 cm³/mol. The molecule has 0 radical (unpaired) electrons. The minimum absolute atomic E-state index is 0.510. The third kappa shape index (κ3) is 7.01. The van der Waals surface area contributed by atoms with Gasteiger partial charge >= 0.3 is 0 Å². The number of hydrogen-bond acceptors (Lipinski definition) is 3. The molecule has 0 aromatic carbocycles. The van der Waals surface area contributed by atoms with Gasteiger partial charge in [-0.15, -0.1) is 0 Å². The lowest BCUT2D eigenvalue weighted by molar-refractivity contribution is -0.106. The zero-order chi connectivity index (χ0) is 26.1. The molecule has 4 rings (SSSR count). The van der Waals surface area contributed by atoms with E-state index in [9.17, 15) is 0 Å². The summed E-state index contributed by atoms with van der Waals surface area (Å²) in [6.45, 7) is 21.0. The Labute approximate surface area is 220 Å². The van der Waals surface area contributed by atoms with Crippen LogP contribution in [-0.4, -0.2) is 44.3 Å². The Morgan fingerprint density at radius 1 is 0.943 bits per heavy atom. The SMILES string of the molecule is C=CN=C(C)C1CCC2C3CCC4CCCCC4(C)C3CCC12C.CC.CCCNCCN(C)C. The first-order valence-electron chi connectivity index (χ1n) is 15.3. The van der Waals surface area contributed by atoms with Crippen molar-refractivity contribution in [3.8, 4) is 0 Å². The summed E-state index contributed by atoms with van der Waals surface area (Å²) >= 11 is 0. The molecular weight excluding hydrogens is 426 g/mol. The Kier molecular flexibility index (Phi) is 12.5. The summed E-state index contributed by atoms with van der Waals surface area (Å²) in [5, 5.41) is 3.32. The van der Waals surface area contributed by atoms with Crippen LogP contribution in [0.4, 0.5) is 0 Å². The number of nitrogens with one attached hydrogen (secondary N) is 1. The van der Waals surface area contributed by atoms with Crippen molar-refractivity contribution < 1.29 is 0 Å². The molecule has 3 heteroatoms. The van der Waals surface area contributed by atoms with Gasteiger partial charge in [-0.1, -0.05) is 54.0 Å². The van der Waals surface area contributed by atoms with Crippen molar-refractivity contribution in [2.75, 3.05) is 33.7 Å². The normalized spacial score (nSPS) is 38.2. The standard InChI is InChI=1S/C23H37N.C7H18N2.C2H6/c1-5-24-16(2)19-11-12-20-18-10-9-17-8-6-7-14-22(17,3)21(18)13-15-23(19,20)4;1-4-5-8-6-7-9(2)3;1-2/h5,17-21H,1,6-15H2,2-4H3;8H,4-7H2,1-3H3;1-2H3. The summed E-state index contributed by atoms with van der Waals surface area (Å²) < 4.78 is 0. The lowest BCUT2D eigenvalue weighted by atomic mass is 9.45. The maximum atomic E-state index is 4.61. The molecule has 0 heterocycles. The molecular formula is C32H61N3. The lowest BCUT2D eigenvalue weighted by Gasteiger charge is -2.60. The van der Waals surface area contributed by atoms with Gasteiger partial charge in [-0.25, -0.2) is 0 Å². The second-order valence-electron chi connectivity index (χ2n) is 12.6. The molecule has 0 aliphatic heterocycles. The Balaban J connectivity index is 0.000000335. The van der Waals surface area contributed by atoms with Crippen LogP contribution in [0.25, 0.3) is 0 Å². The van der Waals surface area contributed by atoms with Gasteiger partial charge in [0, 0.05) is 30.9 Å². The molecule has 4 aliphatic carbocycles. The van der Waals surface area contributed by atoms with Gasteiger partial charge in [0.05, 0.1) is 0 Å². The fourth-order valence-corrected chi connectivity index (χ4v) is 8.82. The fraction of sp³-hybridized carbons (Fsp3) is 0.906. The van der Waals surface area contributed by atoms with Crippen molar-refractivity contribution in [2.45, 2.75) is 112 Å². The number of fused-ring (bicyclic) bond motifs is 5. The molecule has 0 bridgehead atoms. The molecule has 4 aliphatic rings. The van der Waals surface area contributed by atoms with Gasteiger partial charge in [-0.2, -0.15) is 0 Å².